The number of anilines is 1. The number of hydrogen-bond donors (Lipinski definition) is 1. The average molecular weight is 219 g/mol. The third kappa shape index (κ3) is 2.58. The lowest BCUT2D eigenvalue weighted by atomic mass is 10.1. The summed E-state index contributed by atoms with van der Waals surface area (Å²) in [7, 11) is 1.76. The molecule has 1 aromatic heterocycles. The Labute approximate surface area is 95.5 Å². The van der Waals surface area contributed by atoms with Gasteiger partial charge in [0.1, 0.15) is 0 Å². The van der Waals surface area contributed by atoms with Crippen molar-refractivity contribution in [2.75, 3.05) is 11.9 Å². The van der Waals surface area contributed by atoms with Gasteiger partial charge >= 0.3 is 0 Å². The summed E-state index contributed by atoms with van der Waals surface area (Å²) in [6.45, 7) is 0. The number of rotatable bonds is 4. The summed E-state index contributed by atoms with van der Waals surface area (Å²) in [5.41, 5.74) is 6.75. The molecule has 1 saturated carbocycles. The quantitative estimate of drug-likeness (QED) is 0.827. The zero-order valence-electron chi connectivity index (χ0n) is 9.47. The number of pyridine rings is 1. The molecule has 1 amide bonds. The summed E-state index contributed by atoms with van der Waals surface area (Å²) in [6, 6.07) is 3.71. The zero-order valence-corrected chi connectivity index (χ0v) is 9.47. The lowest BCUT2D eigenvalue weighted by molar-refractivity contribution is -0.118. The second-order valence-corrected chi connectivity index (χ2v) is 4.37. The molecule has 0 aromatic carbocycles. The second kappa shape index (κ2) is 4.61. The van der Waals surface area contributed by atoms with E-state index in [0.717, 1.165) is 5.69 Å². The molecule has 16 heavy (non-hydrogen) atoms. The van der Waals surface area contributed by atoms with Crippen molar-refractivity contribution in [1.29, 1.82) is 0 Å². The Balaban J connectivity index is 1.93. The first-order chi connectivity index (χ1) is 7.68. The molecule has 1 aromatic rings. The highest BCUT2D eigenvalue weighted by molar-refractivity contribution is 5.92. The zero-order chi connectivity index (χ0) is 11.5. The van der Waals surface area contributed by atoms with Gasteiger partial charge in [-0.3, -0.25) is 9.78 Å². The molecule has 0 aliphatic heterocycles. The minimum Gasteiger partial charge on any atom is -0.327 e. The Hall–Kier alpha value is -1.42. The van der Waals surface area contributed by atoms with Crippen LogP contribution in [0.5, 0.6) is 0 Å². The van der Waals surface area contributed by atoms with Crippen molar-refractivity contribution >= 4 is 11.6 Å². The van der Waals surface area contributed by atoms with E-state index in [-0.39, 0.29) is 11.9 Å². The van der Waals surface area contributed by atoms with Gasteiger partial charge in [0.05, 0.1) is 11.9 Å². The molecule has 0 saturated heterocycles. The van der Waals surface area contributed by atoms with Crippen LogP contribution in [0.3, 0.4) is 0 Å². The SMILES string of the molecule is CN(C(=O)CC(N)C1CC1)c1cccnc1. The summed E-state index contributed by atoms with van der Waals surface area (Å²) < 4.78 is 0. The van der Waals surface area contributed by atoms with Crippen LogP contribution in [-0.2, 0) is 4.79 Å². The molecule has 4 heteroatoms. The van der Waals surface area contributed by atoms with Gasteiger partial charge in [0.25, 0.3) is 0 Å². The summed E-state index contributed by atoms with van der Waals surface area (Å²) in [4.78, 5) is 17.5. The lowest BCUT2D eigenvalue weighted by Crippen LogP contribution is -2.34. The summed E-state index contributed by atoms with van der Waals surface area (Å²) in [6.07, 6.45) is 6.14. The maximum Gasteiger partial charge on any atom is 0.228 e. The number of aromatic nitrogens is 1. The van der Waals surface area contributed by atoms with Crippen LogP contribution >= 0.6 is 0 Å². The molecule has 1 heterocycles. The van der Waals surface area contributed by atoms with Crippen molar-refractivity contribution in [2.45, 2.75) is 25.3 Å². The molecule has 0 spiro atoms. The molecule has 2 N–H and O–H groups in total. The number of amides is 1. The van der Waals surface area contributed by atoms with E-state index in [0.29, 0.717) is 12.3 Å². The van der Waals surface area contributed by atoms with Crippen LogP contribution in [-0.4, -0.2) is 24.0 Å². The molecule has 86 valence electrons. The van der Waals surface area contributed by atoms with Gasteiger partial charge in [-0.1, -0.05) is 0 Å². The summed E-state index contributed by atoms with van der Waals surface area (Å²) in [5, 5.41) is 0. The minimum atomic E-state index is 0.0200. The fourth-order valence-electron chi connectivity index (χ4n) is 1.73. The Morgan fingerprint density at radius 2 is 2.44 bits per heavy atom. The number of hydrogen-bond acceptors (Lipinski definition) is 3. The molecular weight excluding hydrogens is 202 g/mol. The van der Waals surface area contributed by atoms with Gasteiger partial charge in [0.15, 0.2) is 0 Å². The van der Waals surface area contributed by atoms with Crippen LogP contribution in [0, 0.1) is 5.92 Å². The molecular formula is C12H17N3O. The highest BCUT2D eigenvalue weighted by Crippen LogP contribution is 2.33. The van der Waals surface area contributed by atoms with Crippen molar-refractivity contribution in [1.82, 2.24) is 4.98 Å². The van der Waals surface area contributed by atoms with E-state index in [2.05, 4.69) is 4.98 Å². The van der Waals surface area contributed by atoms with Crippen LogP contribution in [0.15, 0.2) is 24.5 Å². The van der Waals surface area contributed by atoms with Crippen LogP contribution in [0.25, 0.3) is 0 Å². The molecule has 0 bridgehead atoms. The first-order valence-electron chi connectivity index (χ1n) is 5.60. The molecule has 4 nitrogen and oxygen atoms in total. The van der Waals surface area contributed by atoms with E-state index in [1.165, 1.54) is 12.8 Å². The highest BCUT2D eigenvalue weighted by atomic mass is 16.2. The number of nitrogens with zero attached hydrogens (tertiary/aromatic N) is 2. The lowest BCUT2D eigenvalue weighted by Gasteiger charge is -2.19. The molecule has 2 rings (SSSR count). The third-order valence-electron chi connectivity index (χ3n) is 3.05. The Kier molecular flexibility index (Phi) is 3.19. The molecule has 1 aliphatic rings. The monoisotopic (exact) mass is 219 g/mol. The second-order valence-electron chi connectivity index (χ2n) is 4.37. The van der Waals surface area contributed by atoms with Gasteiger partial charge in [-0.15, -0.1) is 0 Å². The Bertz CT molecular complexity index is 362. The summed E-state index contributed by atoms with van der Waals surface area (Å²) in [5.74, 6) is 0.624. The van der Waals surface area contributed by atoms with E-state index < -0.39 is 0 Å². The van der Waals surface area contributed by atoms with Gasteiger partial charge in [0, 0.05) is 25.7 Å². The van der Waals surface area contributed by atoms with Gasteiger partial charge in [-0.2, -0.15) is 0 Å². The van der Waals surface area contributed by atoms with Crippen molar-refractivity contribution < 1.29 is 4.79 Å². The third-order valence-corrected chi connectivity index (χ3v) is 3.05. The van der Waals surface area contributed by atoms with Crippen LogP contribution in [0.4, 0.5) is 5.69 Å². The Morgan fingerprint density at radius 3 is 3.00 bits per heavy atom. The smallest absolute Gasteiger partial charge is 0.228 e. The standard InChI is InChI=1S/C12H17N3O/c1-15(10-3-2-6-14-8-10)12(16)7-11(13)9-4-5-9/h2-3,6,8-9,11H,4-5,7,13H2,1H3. The number of carbonyl (C=O) groups is 1. The Morgan fingerprint density at radius 1 is 1.69 bits per heavy atom. The largest absolute Gasteiger partial charge is 0.327 e. The molecule has 1 fully saturated rings. The molecule has 0 radical (unpaired) electrons. The topological polar surface area (TPSA) is 59.2 Å². The fourth-order valence-corrected chi connectivity index (χ4v) is 1.73. The van der Waals surface area contributed by atoms with Crippen molar-refractivity contribution in [3.8, 4) is 0 Å². The van der Waals surface area contributed by atoms with Gasteiger partial charge in [0.2, 0.25) is 5.91 Å². The molecule has 1 aliphatic carbocycles. The van der Waals surface area contributed by atoms with Crippen LogP contribution < -0.4 is 10.6 Å². The van der Waals surface area contributed by atoms with Gasteiger partial charge < -0.3 is 10.6 Å². The first-order valence-corrected chi connectivity index (χ1v) is 5.60. The van der Waals surface area contributed by atoms with Gasteiger partial charge in [-0.05, 0) is 30.9 Å². The molecule has 1 unspecified atom stereocenters. The fraction of sp³-hybridized carbons (Fsp3) is 0.500. The van der Waals surface area contributed by atoms with Crippen molar-refractivity contribution in [2.24, 2.45) is 11.7 Å². The van der Waals surface area contributed by atoms with E-state index in [1.54, 1.807) is 24.3 Å². The van der Waals surface area contributed by atoms with Crippen molar-refractivity contribution in [3.63, 3.8) is 0 Å². The van der Waals surface area contributed by atoms with Crippen LogP contribution in [0.2, 0.25) is 0 Å². The number of nitrogens with two attached hydrogens (primary N) is 1. The minimum absolute atomic E-state index is 0.0200. The van der Waals surface area contributed by atoms with Gasteiger partial charge in [-0.25, -0.2) is 0 Å². The van der Waals surface area contributed by atoms with Crippen LogP contribution in [0.1, 0.15) is 19.3 Å². The van der Waals surface area contributed by atoms with E-state index in [4.69, 9.17) is 5.73 Å². The average Bonchev–Trinajstić information content (AvgIpc) is 3.13. The molecule has 1 atom stereocenters. The highest BCUT2D eigenvalue weighted by Gasteiger charge is 2.30. The van der Waals surface area contributed by atoms with E-state index >= 15 is 0 Å². The van der Waals surface area contributed by atoms with E-state index in [9.17, 15) is 4.79 Å². The first kappa shape index (κ1) is 11.1. The maximum absolute atomic E-state index is 11.9. The maximum atomic E-state index is 11.9. The predicted octanol–water partition coefficient (Wildman–Crippen LogP) is 1.17. The van der Waals surface area contributed by atoms with E-state index in [1.807, 2.05) is 12.1 Å². The normalized spacial score (nSPS) is 16.9. The number of carbonyl (C=O) groups excluding carboxylic acids is 1. The summed E-state index contributed by atoms with van der Waals surface area (Å²) >= 11 is 0. The van der Waals surface area contributed by atoms with Crippen molar-refractivity contribution in [3.05, 3.63) is 24.5 Å². The predicted molar refractivity (Wildman–Crippen MR) is 63.0 cm³/mol.